The van der Waals surface area contributed by atoms with Gasteiger partial charge in [0.05, 0.1) is 18.0 Å². The van der Waals surface area contributed by atoms with E-state index in [0.29, 0.717) is 18.9 Å². The molecular weight excluding hydrogens is 220 g/mol. The van der Waals surface area contributed by atoms with Crippen molar-refractivity contribution in [1.29, 1.82) is 0 Å². The number of rotatable bonds is 1. The Kier molecular flexibility index (Phi) is 2.82. The fourth-order valence-corrected chi connectivity index (χ4v) is 2.27. The lowest BCUT2D eigenvalue weighted by atomic mass is 10.1. The zero-order valence-electron chi connectivity index (χ0n) is 10.4. The standard InChI is InChI=1S/C11H18N4O2/c1-7-4-15(5-11(2,3)17-7)9-8(12)10(16)14-6-13-9/h6-7H,4-5,12H2,1-3H3,(H,13,14,16). The van der Waals surface area contributed by atoms with Crippen LogP contribution in [0, 0.1) is 0 Å². The van der Waals surface area contributed by atoms with Crippen molar-refractivity contribution < 1.29 is 4.74 Å². The molecule has 0 radical (unpaired) electrons. The van der Waals surface area contributed by atoms with Gasteiger partial charge >= 0.3 is 0 Å². The van der Waals surface area contributed by atoms with Crippen molar-refractivity contribution in [3.05, 3.63) is 16.7 Å². The van der Waals surface area contributed by atoms with Gasteiger partial charge in [0.1, 0.15) is 5.69 Å². The summed E-state index contributed by atoms with van der Waals surface area (Å²) in [5.74, 6) is 0.539. The molecule has 2 heterocycles. The normalized spacial score (nSPS) is 23.7. The SMILES string of the molecule is CC1CN(c2nc[nH]c(=O)c2N)CC(C)(C)O1. The van der Waals surface area contributed by atoms with Crippen LogP contribution in [0.5, 0.6) is 0 Å². The number of anilines is 2. The van der Waals surface area contributed by atoms with Crippen molar-refractivity contribution in [3.8, 4) is 0 Å². The van der Waals surface area contributed by atoms with Gasteiger partial charge in [0.2, 0.25) is 0 Å². The van der Waals surface area contributed by atoms with Gasteiger partial charge in [0.15, 0.2) is 5.82 Å². The minimum absolute atomic E-state index is 0.0826. The highest BCUT2D eigenvalue weighted by Gasteiger charge is 2.32. The van der Waals surface area contributed by atoms with Crippen molar-refractivity contribution >= 4 is 11.5 Å². The van der Waals surface area contributed by atoms with E-state index in [1.54, 1.807) is 0 Å². The molecule has 1 aliphatic rings. The average Bonchev–Trinajstić information content (AvgIpc) is 2.19. The number of ether oxygens (including phenoxy) is 1. The average molecular weight is 238 g/mol. The topological polar surface area (TPSA) is 84.2 Å². The third-order valence-corrected chi connectivity index (χ3v) is 2.74. The predicted octanol–water partition coefficient (Wildman–Crippen LogP) is 0.356. The summed E-state index contributed by atoms with van der Waals surface area (Å²) in [5, 5.41) is 0. The number of hydrogen-bond donors (Lipinski definition) is 2. The molecule has 1 unspecified atom stereocenters. The maximum absolute atomic E-state index is 11.4. The van der Waals surface area contributed by atoms with Gasteiger partial charge in [-0.1, -0.05) is 0 Å². The molecule has 6 heteroatoms. The summed E-state index contributed by atoms with van der Waals surface area (Å²) >= 11 is 0. The summed E-state index contributed by atoms with van der Waals surface area (Å²) < 4.78 is 5.80. The third-order valence-electron chi connectivity index (χ3n) is 2.74. The Hall–Kier alpha value is -1.56. The molecule has 1 atom stereocenters. The van der Waals surface area contributed by atoms with Gasteiger partial charge in [-0.05, 0) is 20.8 Å². The molecule has 17 heavy (non-hydrogen) atoms. The molecule has 1 aromatic heterocycles. The Labute approximate surface area is 99.8 Å². The van der Waals surface area contributed by atoms with Gasteiger partial charge in [-0.25, -0.2) is 4.98 Å². The highest BCUT2D eigenvalue weighted by Crippen LogP contribution is 2.26. The van der Waals surface area contributed by atoms with E-state index in [1.807, 2.05) is 25.7 Å². The number of hydrogen-bond acceptors (Lipinski definition) is 5. The number of nitrogen functional groups attached to an aromatic ring is 1. The molecule has 1 fully saturated rings. The summed E-state index contributed by atoms with van der Waals surface area (Å²) in [5.41, 5.74) is 5.35. The van der Waals surface area contributed by atoms with Crippen molar-refractivity contribution in [2.75, 3.05) is 23.7 Å². The fourth-order valence-electron chi connectivity index (χ4n) is 2.27. The first kappa shape index (κ1) is 11.9. The van der Waals surface area contributed by atoms with E-state index in [2.05, 4.69) is 9.97 Å². The molecule has 94 valence electrons. The first-order chi connectivity index (χ1) is 7.89. The Balaban J connectivity index is 2.33. The van der Waals surface area contributed by atoms with Gasteiger partial charge < -0.3 is 20.4 Å². The van der Waals surface area contributed by atoms with Gasteiger partial charge in [-0.15, -0.1) is 0 Å². The van der Waals surface area contributed by atoms with E-state index in [9.17, 15) is 4.79 Å². The second-order valence-electron chi connectivity index (χ2n) is 5.04. The molecule has 1 aromatic rings. The summed E-state index contributed by atoms with van der Waals surface area (Å²) in [6.07, 6.45) is 1.46. The zero-order valence-corrected chi connectivity index (χ0v) is 10.4. The first-order valence-electron chi connectivity index (χ1n) is 5.65. The number of morpholine rings is 1. The van der Waals surface area contributed by atoms with E-state index in [0.717, 1.165) is 0 Å². The lowest BCUT2D eigenvalue weighted by Gasteiger charge is -2.42. The Morgan fingerprint density at radius 1 is 1.65 bits per heavy atom. The minimum atomic E-state index is -0.299. The van der Waals surface area contributed by atoms with Crippen molar-refractivity contribution in [2.24, 2.45) is 0 Å². The van der Waals surface area contributed by atoms with E-state index >= 15 is 0 Å². The monoisotopic (exact) mass is 238 g/mol. The summed E-state index contributed by atoms with van der Waals surface area (Å²) in [4.78, 5) is 20.1. The molecule has 0 amide bonds. The zero-order chi connectivity index (χ0) is 12.6. The van der Waals surface area contributed by atoms with Crippen LogP contribution in [0.25, 0.3) is 0 Å². The minimum Gasteiger partial charge on any atom is -0.391 e. The number of nitrogens with zero attached hydrogens (tertiary/aromatic N) is 2. The Morgan fingerprint density at radius 3 is 3.00 bits per heavy atom. The molecule has 3 N–H and O–H groups in total. The van der Waals surface area contributed by atoms with E-state index in [1.165, 1.54) is 6.33 Å². The van der Waals surface area contributed by atoms with Crippen molar-refractivity contribution in [1.82, 2.24) is 9.97 Å². The van der Waals surface area contributed by atoms with Crippen LogP contribution in [-0.2, 0) is 4.74 Å². The van der Waals surface area contributed by atoms with Crippen LogP contribution in [0.2, 0.25) is 0 Å². The van der Waals surface area contributed by atoms with Crippen LogP contribution in [0.1, 0.15) is 20.8 Å². The molecule has 2 rings (SSSR count). The molecular formula is C11H18N4O2. The Morgan fingerprint density at radius 2 is 2.35 bits per heavy atom. The van der Waals surface area contributed by atoms with Gasteiger partial charge in [0.25, 0.3) is 5.56 Å². The maximum Gasteiger partial charge on any atom is 0.276 e. The van der Waals surface area contributed by atoms with Gasteiger partial charge in [-0.3, -0.25) is 4.79 Å². The molecule has 0 saturated carbocycles. The fraction of sp³-hybridized carbons (Fsp3) is 0.636. The number of aromatic nitrogens is 2. The van der Waals surface area contributed by atoms with E-state index in [-0.39, 0.29) is 23.0 Å². The van der Waals surface area contributed by atoms with E-state index in [4.69, 9.17) is 10.5 Å². The molecule has 6 nitrogen and oxygen atoms in total. The second-order valence-corrected chi connectivity index (χ2v) is 5.04. The van der Waals surface area contributed by atoms with Gasteiger partial charge in [0, 0.05) is 13.1 Å². The number of aromatic amines is 1. The smallest absolute Gasteiger partial charge is 0.276 e. The van der Waals surface area contributed by atoms with Crippen molar-refractivity contribution in [2.45, 2.75) is 32.5 Å². The molecule has 0 spiro atoms. The van der Waals surface area contributed by atoms with E-state index < -0.39 is 0 Å². The molecule has 0 bridgehead atoms. The highest BCUT2D eigenvalue weighted by molar-refractivity contribution is 5.61. The van der Waals surface area contributed by atoms with Crippen LogP contribution < -0.4 is 16.2 Å². The molecule has 0 aliphatic carbocycles. The summed E-state index contributed by atoms with van der Waals surface area (Å²) in [6, 6.07) is 0. The first-order valence-corrected chi connectivity index (χ1v) is 5.65. The van der Waals surface area contributed by atoms with Crippen molar-refractivity contribution in [3.63, 3.8) is 0 Å². The lowest BCUT2D eigenvalue weighted by molar-refractivity contribution is -0.0751. The Bertz CT molecular complexity index is 469. The van der Waals surface area contributed by atoms with Crippen LogP contribution in [0.15, 0.2) is 11.1 Å². The van der Waals surface area contributed by atoms with Crippen LogP contribution in [0.4, 0.5) is 11.5 Å². The molecule has 0 aromatic carbocycles. The van der Waals surface area contributed by atoms with Gasteiger partial charge in [-0.2, -0.15) is 0 Å². The maximum atomic E-state index is 11.4. The molecule has 1 aliphatic heterocycles. The predicted molar refractivity (Wildman–Crippen MR) is 66.1 cm³/mol. The largest absolute Gasteiger partial charge is 0.391 e. The molecule has 1 saturated heterocycles. The second kappa shape index (κ2) is 4.03. The summed E-state index contributed by atoms with van der Waals surface area (Å²) in [7, 11) is 0. The quantitative estimate of drug-likeness (QED) is 0.737. The number of nitrogens with two attached hydrogens (primary N) is 1. The number of nitrogens with one attached hydrogen (secondary N) is 1. The highest BCUT2D eigenvalue weighted by atomic mass is 16.5. The summed E-state index contributed by atoms with van der Waals surface area (Å²) in [6.45, 7) is 7.37. The van der Waals surface area contributed by atoms with Crippen LogP contribution in [-0.4, -0.2) is 34.8 Å². The van der Waals surface area contributed by atoms with Crippen LogP contribution >= 0.6 is 0 Å². The van der Waals surface area contributed by atoms with Crippen LogP contribution in [0.3, 0.4) is 0 Å². The third kappa shape index (κ3) is 2.41. The lowest BCUT2D eigenvalue weighted by Crippen LogP contribution is -2.52. The number of H-pyrrole nitrogens is 1.